The Balaban J connectivity index is 1.95. The maximum atomic E-state index is 6.31. The van der Waals surface area contributed by atoms with Gasteiger partial charge in [-0.15, -0.1) is 0 Å². The average molecular weight is 455 g/mol. The number of aliphatic imine (C=N–C) groups is 2. The Hall–Kier alpha value is -1.61. The summed E-state index contributed by atoms with van der Waals surface area (Å²) in [5.41, 5.74) is 14.4. The SMILES string of the molecule is NC1=NC2(CCCCC2)N(c2c(Br)cc3[nH]cnc3c2Br)C(N)=N1. The number of anilines is 1. The molecule has 1 fully saturated rings. The number of hydrogen-bond acceptors (Lipinski definition) is 6. The molecule has 0 amide bonds. The lowest BCUT2D eigenvalue weighted by Gasteiger charge is -2.46. The zero-order valence-electron chi connectivity index (χ0n) is 12.9. The van der Waals surface area contributed by atoms with Crippen molar-refractivity contribution in [3.8, 4) is 0 Å². The maximum Gasteiger partial charge on any atom is 0.220 e. The third-order valence-electron chi connectivity index (χ3n) is 4.66. The number of aromatic nitrogens is 2. The van der Waals surface area contributed by atoms with Gasteiger partial charge in [-0.25, -0.2) is 9.98 Å². The van der Waals surface area contributed by atoms with E-state index in [1.54, 1.807) is 6.33 Å². The first-order valence-corrected chi connectivity index (χ1v) is 9.41. The van der Waals surface area contributed by atoms with Gasteiger partial charge in [-0.2, -0.15) is 4.99 Å². The van der Waals surface area contributed by atoms with Crippen molar-refractivity contribution in [2.75, 3.05) is 4.90 Å². The lowest BCUT2D eigenvalue weighted by atomic mass is 9.87. The van der Waals surface area contributed by atoms with E-state index in [1.807, 2.05) is 11.0 Å². The van der Waals surface area contributed by atoms with E-state index in [2.05, 4.69) is 46.8 Å². The number of hydrogen-bond donors (Lipinski definition) is 3. The Morgan fingerprint density at radius 1 is 1.17 bits per heavy atom. The van der Waals surface area contributed by atoms with Gasteiger partial charge in [-0.1, -0.05) is 6.42 Å². The van der Waals surface area contributed by atoms with Crippen LogP contribution in [0.3, 0.4) is 0 Å². The summed E-state index contributed by atoms with van der Waals surface area (Å²) >= 11 is 7.37. The molecule has 1 aliphatic carbocycles. The standard InChI is InChI=1S/C15H17Br2N7/c16-8-6-9-11(21-7-20-9)10(17)12(8)24-14(19)22-13(18)23-15(24)4-2-1-3-5-15/h6-7H,1-5H2,(H,20,21)(H4,18,19,22,23). The maximum absolute atomic E-state index is 6.31. The number of fused-ring (bicyclic) bond motifs is 1. The molecule has 0 radical (unpaired) electrons. The van der Waals surface area contributed by atoms with Crippen molar-refractivity contribution in [1.82, 2.24) is 9.97 Å². The summed E-state index contributed by atoms with van der Waals surface area (Å²) in [5, 5.41) is 0. The number of guanidine groups is 2. The van der Waals surface area contributed by atoms with E-state index in [1.165, 1.54) is 6.42 Å². The van der Waals surface area contributed by atoms with Crippen molar-refractivity contribution in [3.63, 3.8) is 0 Å². The van der Waals surface area contributed by atoms with Crippen LogP contribution in [0.15, 0.2) is 31.3 Å². The molecule has 1 aromatic carbocycles. The van der Waals surface area contributed by atoms with Gasteiger partial charge in [0.15, 0.2) is 0 Å². The van der Waals surface area contributed by atoms with Crippen LogP contribution in [0.2, 0.25) is 0 Å². The van der Waals surface area contributed by atoms with Gasteiger partial charge in [-0.3, -0.25) is 4.90 Å². The van der Waals surface area contributed by atoms with Gasteiger partial charge in [0, 0.05) is 4.47 Å². The number of H-pyrrole nitrogens is 1. The largest absolute Gasteiger partial charge is 0.369 e. The molecule has 0 atom stereocenters. The fraction of sp³-hybridized carbons (Fsp3) is 0.400. The Morgan fingerprint density at radius 3 is 2.67 bits per heavy atom. The fourth-order valence-electron chi connectivity index (χ4n) is 3.65. The highest BCUT2D eigenvalue weighted by atomic mass is 79.9. The van der Waals surface area contributed by atoms with E-state index in [-0.39, 0.29) is 5.96 Å². The van der Waals surface area contributed by atoms with Crippen LogP contribution < -0.4 is 16.4 Å². The normalized spacial score (nSPS) is 20.3. The molecule has 2 aliphatic rings. The zero-order valence-corrected chi connectivity index (χ0v) is 16.1. The molecule has 2 aromatic rings. The summed E-state index contributed by atoms with van der Waals surface area (Å²) in [6.45, 7) is 0. The molecule has 1 saturated carbocycles. The summed E-state index contributed by atoms with van der Waals surface area (Å²) < 4.78 is 1.75. The lowest BCUT2D eigenvalue weighted by molar-refractivity contribution is 0.305. The van der Waals surface area contributed by atoms with Crippen LogP contribution in [0.4, 0.5) is 5.69 Å². The number of nitrogens with zero attached hydrogens (tertiary/aromatic N) is 4. The van der Waals surface area contributed by atoms with Crippen molar-refractivity contribution in [3.05, 3.63) is 21.3 Å². The first-order valence-electron chi connectivity index (χ1n) is 7.83. The van der Waals surface area contributed by atoms with E-state index >= 15 is 0 Å². The van der Waals surface area contributed by atoms with E-state index in [0.717, 1.165) is 51.3 Å². The van der Waals surface area contributed by atoms with E-state index in [9.17, 15) is 0 Å². The number of halogens is 2. The first kappa shape index (κ1) is 15.9. The molecule has 1 aliphatic heterocycles. The second-order valence-electron chi connectivity index (χ2n) is 6.14. The molecule has 7 nitrogen and oxygen atoms in total. The molecular weight excluding hydrogens is 438 g/mol. The summed E-state index contributed by atoms with van der Waals surface area (Å²) in [6.07, 6.45) is 6.82. The van der Waals surface area contributed by atoms with Crippen molar-refractivity contribution < 1.29 is 0 Å². The predicted molar refractivity (Wildman–Crippen MR) is 103 cm³/mol. The highest BCUT2D eigenvalue weighted by Crippen LogP contribution is 2.46. The minimum absolute atomic E-state index is 0.249. The van der Waals surface area contributed by atoms with Gasteiger partial charge in [0.25, 0.3) is 0 Å². The third-order valence-corrected chi connectivity index (χ3v) is 6.01. The number of benzene rings is 1. The van der Waals surface area contributed by atoms with Crippen LogP contribution in [-0.4, -0.2) is 27.5 Å². The molecule has 126 valence electrons. The molecule has 1 aromatic heterocycles. The Morgan fingerprint density at radius 2 is 1.92 bits per heavy atom. The molecule has 0 unspecified atom stereocenters. The van der Waals surface area contributed by atoms with Gasteiger partial charge in [0.05, 0.1) is 22.0 Å². The van der Waals surface area contributed by atoms with Crippen LogP contribution in [-0.2, 0) is 0 Å². The molecule has 24 heavy (non-hydrogen) atoms. The number of aromatic amines is 1. The molecule has 2 heterocycles. The van der Waals surface area contributed by atoms with Crippen molar-refractivity contribution in [2.45, 2.75) is 37.8 Å². The summed E-state index contributed by atoms with van der Waals surface area (Å²) in [6, 6.07) is 1.99. The first-order chi connectivity index (χ1) is 11.5. The zero-order chi connectivity index (χ0) is 16.9. The molecule has 4 rings (SSSR count). The topological polar surface area (TPSA) is 109 Å². The number of nitrogens with two attached hydrogens (primary N) is 2. The lowest BCUT2D eigenvalue weighted by Crippen LogP contribution is -2.58. The van der Waals surface area contributed by atoms with Crippen LogP contribution in [0.5, 0.6) is 0 Å². The quantitative estimate of drug-likeness (QED) is 0.614. The summed E-state index contributed by atoms with van der Waals surface area (Å²) in [5.74, 6) is 0.611. The number of imidazole rings is 1. The van der Waals surface area contributed by atoms with Gasteiger partial charge in [0.1, 0.15) is 11.2 Å². The molecule has 9 heteroatoms. The van der Waals surface area contributed by atoms with Crippen LogP contribution in [0.1, 0.15) is 32.1 Å². The van der Waals surface area contributed by atoms with Crippen LogP contribution in [0.25, 0.3) is 11.0 Å². The van der Waals surface area contributed by atoms with E-state index in [0.29, 0.717) is 5.96 Å². The highest BCUT2D eigenvalue weighted by molar-refractivity contribution is 9.11. The van der Waals surface area contributed by atoms with Gasteiger partial charge in [-0.05, 0) is 63.6 Å². The van der Waals surface area contributed by atoms with Crippen molar-refractivity contribution >= 4 is 60.5 Å². The second kappa shape index (κ2) is 5.73. The monoisotopic (exact) mass is 453 g/mol. The predicted octanol–water partition coefficient (Wildman–Crippen LogP) is 3.20. The number of rotatable bonds is 1. The minimum Gasteiger partial charge on any atom is -0.369 e. The van der Waals surface area contributed by atoms with Crippen LogP contribution >= 0.6 is 31.9 Å². The van der Waals surface area contributed by atoms with Gasteiger partial charge in [0.2, 0.25) is 11.9 Å². The molecule has 0 saturated heterocycles. The minimum atomic E-state index is -0.483. The van der Waals surface area contributed by atoms with Gasteiger partial charge < -0.3 is 16.5 Å². The van der Waals surface area contributed by atoms with E-state index in [4.69, 9.17) is 16.5 Å². The fourth-order valence-corrected chi connectivity index (χ4v) is 5.23. The summed E-state index contributed by atoms with van der Waals surface area (Å²) in [4.78, 5) is 18.5. The molecule has 5 N–H and O–H groups in total. The number of nitrogens with one attached hydrogen (secondary N) is 1. The summed E-state index contributed by atoms with van der Waals surface area (Å²) in [7, 11) is 0. The average Bonchev–Trinajstić information content (AvgIpc) is 2.99. The Kier molecular flexibility index (Phi) is 3.80. The molecular formula is C15H17Br2N7. The van der Waals surface area contributed by atoms with Crippen molar-refractivity contribution in [2.24, 2.45) is 21.5 Å². The third kappa shape index (κ3) is 2.33. The smallest absolute Gasteiger partial charge is 0.220 e. The van der Waals surface area contributed by atoms with Crippen molar-refractivity contribution in [1.29, 1.82) is 0 Å². The second-order valence-corrected chi connectivity index (χ2v) is 7.79. The van der Waals surface area contributed by atoms with E-state index < -0.39 is 5.66 Å². The Labute approximate surface area is 155 Å². The Bertz CT molecular complexity index is 864. The molecule has 0 bridgehead atoms. The van der Waals surface area contributed by atoms with Gasteiger partial charge >= 0.3 is 0 Å². The highest BCUT2D eigenvalue weighted by Gasteiger charge is 2.44. The molecule has 1 spiro atoms. The van der Waals surface area contributed by atoms with Crippen LogP contribution in [0, 0.1) is 0 Å².